The number of fused-ring (bicyclic) bond motifs is 1. The molecule has 0 saturated carbocycles. The Kier molecular flexibility index (Phi) is 6.74. The van der Waals surface area contributed by atoms with E-state index < -0.39 is 5.60 Å². The van der Waals surface area contributed by atoms with E-state index in [1.165, 1.54) is 6.92 Å². The molecule has 0 aliphatic heterocycles. The molecule has 1 heterocycles. The van der Waals surface area contributed by atoms with Crippen LogP contribution in [0, 0.1) is 0 Å². The molecule has 3 aromatic rings. The van der Waals surface area contributed by atoms with Crippen molar-refractivity contribution < 1.29 is 23.8 Å². The van der Waals surface area contributed by atoms with Gasteiger partial charge in [0.1, 0.15) is 30.3 Å². The number of ketones is 1. The highest BCUT2D eigenvalue weighted by Crippen LogP contribution is 2.34. The summed E-state index contributed by atoms with van der Waals surface area (Å²) in [6, 6.07) is 11.3. The number of hydrogen-bond acceptors (Lipinski definition) is 5. The average molecular weight is 488 g/mol. The van der Waals surface area contributed by atoms with Crippen LogP contribution < -0.4 is 9.47 Å². The second kappa shape index (κ2) is 9.14. The summed E-state index contributed by atoms with van der Waals surface area (Å²) in [5.41, 5.74) is 1.67. The molecule has 0 saturated heterocycles. The van der Waals surface area contributed by atoms with Crippen LogP contribution in [0.1, 0.15) is 43.6 Å². The number of benzene rings is 2. The maximum atomic E-state index is 12.4. The molecule has 164 valence electrons. The fourth-order valence-electron chi connectivity index (χ4n) is 3.21. The normalized spacial score (nSPS) is 11.4. The van der Waals surface area contributed by atoms with E-state index in [9.17, 15) is 9.59 Å². The van der Waals surface area contributed by atoms with Crippen molar-refractivity contribution in [1.82, 2.24) is 4.57 Å². The van der Waals surface area contributed by atoms with Gasteiger partial charge in [0, 0.05) is 23.2 Å². The lowest BCUT2D eigenvalue weighted by molar-refractivity contribution is -0.155. The number of ether oxygens (including phenoxy) is 3. The van der Waals surface area contributed by atoms with Crippen LogP contribution in [0.3, 0.4) is 0 Å². The monoisotopic (exact) mass is 487 g/mol. The van der Waals surface area contributed by atoms with Gasteiger partial charge in [0.05, 0.1) is 17.1 Å². The van der Waals surface area contributed by atoms with Gasteiger partial charge in [-0.15, -0.1) is 0 Å². The Morgan fingerprint density at radius 2 is 1.77 bits per heavy atom. The fourth-order valence-corrected chi connectivity index (χ4v) is 3.67. The third kappa shape index (κ3) is 5.67. The van der Waals surface area contributed by atoms with E-state index in [0.29, 0.717) is 17.9 Å². The molecule has 0 atom stereocenters. The Bertz CT molecular complexity index is 1110. The van der Waals surface area contributed by atoms with E-state index in [0.717, 1.165) is 26.7 Å². The molecular formula is C24H26BrNO5. The molecule has 2 aromatic carbocycles. The molecule has 0 radical (unpaired) electrons. The summed E-state index contributed by atoms with van der Waals surface area (Å²) in [5, 5.41) is 0.750. The van der Waals surface area contributed by atoms with E-state index in [1.807, 2.05) is 57.2 Å². The first-order valence-corrected chi connectivity index (χ1v) is 10.7. The second-order valence-corrected chi connectivity index (χ2v) is 9.10. The Hall–Kier alpha value is -2.80. The molecular weight excluding hydrogens is 462 g/mol. The van der Waals surface area contributed by atoms with Crippen LogP contribution in [0.4, 0.5) is 0 Å². The summed E-state index contributed by atoms with van der Waals surface area (Å²) >= 11 is 3.54. The largest absolute Gasteiger partial charge is 0.497 e. The minimum atomic E-state index is -0.584. The molecule has 31 heavy (non-hydrogen) atoms. The number of methoxy groups -OCH3 is 1. The predicted octanol–water partition coefficient (Wildman–Crippen LogP) is 5.54. The van der Waals surface area contributed by atoms with Crippen molar-refractivity contribution in [2.45, 2.75) is 46.4 Å². The second-order valence-electron chi connectivity index (χ2n) is 8.25. The fraction of sp³-hybridized carbons (Fsp3) is 0.333. The molecule has 0 aliphatic carbocycles. The molecule has 3 rings (SSSR count). The topological polar surface area (TPSA) is 66.8 Å². The van der Waals surface area contributed by atoms with Gasteiger partial charge in [-0.3, -0.25) is 9.59 Å². The van der Waals surface area contributed by atoms with Crippen LogP contribution in [0.2, 0.25) is 0 Å². The molecule has 0 unspecified atom stereocenters. The van der Waals surface area contributed by atoms with Crippen molar-refractivity contribution in [3.05, 3.63) is 58.2 Å². The first kappa shape index (κ1) is 22.9. The lowest BCUT2D eigenvalue weighted by Gasteiger charge is -2.19. The lowest BCUT2D eigenvalue weighted by atomic mass is 10.1. The third-order valence-corrected chi connectivity index (χ3v) is 5.21. The van der Waals surface area contributed by atoms with E-state index in [1.54, 1.807) is 17.9 Å². The van der Waals surface area contributed by atoms with E-state index in [-0.39, 0.29) is 18.3 Å². The van der Waals surface area contributed by atoms with Gasteiger partial charge in [-0.25, -0.2) is 0 Å². The maximum Gasteiger partial charge on any atom is 0.326 e. The zero-order chi connectivity index (χ0) is 22.8. The highest BCUT2D eigenvalue weighted by Gasteiger charge is 2.20. The van der Waals surface area contributed by atoms with Crippen LogP contribution in [0.5, 0.6) is 11.5 Å². The van der Waals surface area contributed by atoms with Gasteiger partial charge < -0.3 is 18.8 Å². The van der Waals surface area contributed by atoms with Crippen LogP contribution in [-0.2, 0) is 22.7 Å². The van der Waals surface area contributed by atoms with Crippen molar-refractivity contribution in [2.24, 2.45) is 0 Å². The third-order valence-electron chi connectivity index (χ3n) is 4.59. The van der Waals surface area contributed by atoms with Crippen LogP contribution in [0.25, 0.3) is 10.9 Å². The van der Waals surface area contributed by atoms with Gasteiger partial charge in [-0.1, -0.05) is 12.1 Å². The quantitative estimate of drug-likeness (QED) is 0.323. The highest BCUT2D eigenvalue weighted by atomic mass is 79.9. The highest BCUT2D eigenvalue weighted by molar-refractivity contribution is 9.10. The first-order valence-electron chi connectivity index (χ1n) is 9.88. The van der Waals surface area contributed by atoms with Crippen molar-refractivity contribution in [2.75, 3.05) is 7.11 Å². The first-order chi connectivity index (χ1) is 14.6. The van der Waals surface area contributed by atoms with Crippen molar-refractivity contribution >= 4 is 38.6 Å². The summed E-state index contributed by atoms with van der Waals surface area (Å²) in [6.45, 7) is 7.33. The molecule has 0 amide bonds. The van der Waals surface area contributed by atoms with Gasteiger partial charge in [-0.2, -0.15) is 0 Å². The summed E-state index contributed by atoms with van der Waals surface area (Å²) in [7, 11) is 1.62. The number of nitrogens with zero attached hydrogens (tertiary/aromatic N) is 1. The number of carbonyl (C=O) groups is 2. The minimum Gasteiger partial charge on any atom is -0.497 e. The number of halogens is 1. The zero-order valence-electron chi connectivity index (χ0n) is 18.3. The number of hydrogen-bond donors (Lipinski definition) is 0. The standard InChI is InChI=1S/C24H26BrNO5/c1-15(27)19-12-26(13-23(28)31-24(2,3)4)21-11-22(20(25)10-18(19)21)30-14-16-6-8-17(29-5)9-7-16/h6-12H,13-14H2,1-5H3. The van der Waals surface area contributed by atoms with E-state index in [2.05, 4.69) is 15.9 Å². The predicted molar refractivity (Wildman–Crippen MR) is 123 cm³/mol. The molecule has 0 spiro atoms. The molecule has 0 aliphatic rings. The Morgan fingerprint density at radius 1 is 1.10 bits per heavy atom. The molecule has 0 N–H and O–H groups in total. The summed E-state index contributed by atoms with van der Waals surface area (Å²) in [4.78, 5) is 24.5. The Labute approximate surface area is 190 Å². The Balaban J connectivity index is 1.91. The smallest absolute Gasteiger partial charge is 0.326 e. The lowest BCUT2D eigenvalue weighted by Crippen LogP contribution is -2.26. The van der Waals surface area contributed by atoms with Gasteiger partial charge in [0.15, 0.2) is 5.78 Å². The van der Waals surface area contributed by atoms with E-state index >= 15 is 0 Å². The number of esters is 1. The van der Waals surface area contributed by atoms with Crippen LogP contribution >= 0.6 is 15.9 Å². The number of Topliss-reactive ketones (excluding diaryl/α,β-unsaturated/α-hetero) is 1. The summed E-state index contributed by atoms with van der Waals surface area (Å²) < 4.78 is 19.1. The number of aromatic nitrogens is 1. The summed E-state index contributed by atoms with van der Waals surface area (Å²) in [6.07, 6.45) is 1.69. The SMILES string of the molecule is COc1ccc(COc2cc3c(cc2Br)c(C(C)=O)cn3CC(=O)OC(C)(C)C)cc1. The number of carbonyl (C=O) groups excluding carboxylic acids is 2. The molecule has 7 heteroatoms. The van der Waals surface area contributed by atoms with E-state index in [4.69, 9.17) is 14.2 Å². The van der Waals surface area contributed by atoms with Gasteiger partial charge in [0.2, 0.25) is 0 Å². The average Bonchev–Trinajstić information content (AvgIpc) is 3.02. The Morgan fingerprint density at radius 3 is 2.35 bits per heavy atom. The molecule has 1 aromatic heterocycles. The van der Waals surface area contributed by atoms with Crippen LogP contribution in [0.15, 0.2) is 47.1 Å². The number of rotatable bonds is 7. The van der Waals surface area contributed by atoms with Crippen molar-refractivity contribution in [3.63, 3.8) is 0 Å². The minimum absolute atomic E-state index is 0.000597. The van der Waals surface area contributed by atoms with Crippen molar-refractivity contribution in [3.8, 4) is 11.5 Å². The zero-order valence-corrected chi connectivity index (χ0v) is 19.9. The van der Waals surface area contributed by atoms with Crippen LogP contribution in [-0.4, -0.2) is 29.0 Å². The maximum absolute atomic E-state index is 12.4. The van der Waals surface area contributed by atoms with Gasteiger partial charge >= 0.3 is 5.97 Å². The summed E-state index contributed by atoms with van der Waals surface area (Å²) in [5.74, 6) is 0.944. The molecule has 0 bridgehead atoms. The van der Waals surface area contributed by atoms with Gasteiger partial charge in [0.25, 0.3) is 0 Å². The van der Waals surface area contributed by atoms with Crippen molar-refractivity contribution in [1.29, 1.82) is 0 Å². The van der Waals surface area contributed by atoms with Gasteiger partial charge in [-0.05, 0) is 67.4 Å². The molecule has 6 nitrogen and oxygen atoms in total. The molecule has 0 fully saturated rings.